The second-order valence-electron chi connectivity index (χ2n) is 4.90. The molecular weight excluding hydrogens is 218 g/mol. The van der Waals surface area contributed by atoms with E-state index in [-0.39, 0.29) is 0 Å². The van der Waals surface area contributed by atoms with Crippen LogP contribution in [0.4, 0.5) is 0 Å². The van der Waals surface area contributed by atoms with Gasteiger partial charge in [0.1, 0.15) is 0 Å². The van der Waals surface area contributed by atoms with Gasteiger partial charge in [-0.3, -0.25) is 9.69 Å². The van der Waals surface area contributed by atoms with Crippen molar-refractivity contribution < 1.29 is 14.6 Å². The highest BCUT2D eigenvalue weighted by atomic mass is 16.5. The van der Waals surface area contributed by atoms with Crippen molar-refractivity contribution >= 4 is 5.97 Å². The molecule has 0 aliphatic carbocycles. The van der Waals surface area contributed by atoms with E-state index in [1.165, 1.54) is 0 Å². The molecule has 0 aromatic rings. The first-order valence-corrected chi connectivity index (χ1v) is 6.64. The number of nitrogens with zero attached hydrogens (tertiary/aromatic N) is 1. The summed E-state index contributed by atoms with van der Waals surface area (Å²) in [5, 5.41) is 9.46. The van der Waals surface area contributed by atoms with Crippen LogP contribution >= 0.6 is 0 Å². The van der Waals surface area contributed by atoms with Crippen molar-refractivity contribution in [2.75, 3.05) is 26.3 Å². The predicted octanol–water partition coefficient (Wildman–Crippen LogP) is 1.99. The molecule has 1 saturated heterocycles. The fourth-order valence-electron chi connectivity index (χ4n) is 2.51. The van der Waals surface area contributed by atoms with Crippen LogP contribution in [0, 0.1) is 5.41 Å². The quantitative estimate of drug-likeness (QED) is 0.775. The number of aliphatic carboxylic acids is 1. The topological polar surface area (TPSA) is 49.8 Å². The molecule has 1 aliphatic heterocycles. The van der Waals surface area contributed by atoms with Gasteiger partial charge >= 0.3 is 5.97 Å². The Morgan fingerprint density at radius 1 is 1.41 bits per heavy atom. The first kappa shape index (κ1) is 14.5. The smallest absolute Gasteiger partial charge is 0.310 e. The van der Waals surface area contributed by atoms with Crippen LogP contribution < -0.4 is 0 Å². The van der Waals surface area contributed by atoms with Crippen molar-refractivity contribution in [2.45, 2.75) is 46.1 Å². The van der Waals surface area contributed by atoms with Crippen molar-refractivity contribution in [3.8, 4) is 0 Å². The number of carboxylic acids is 1. The lowest BCUT2D eigenvalue weighted by Gasteiger charge is -2.40. The Balaban J connectivity index is 2.74. The van der Waals surface area contributed by atoms with Crippen LogP contribution in [0.3, 0.4) is 0 Å². The van der Waals surface area contributed by atoms with Gasteiger partial charge in [0.2, 0.25) is 0 Å². The van der Waals surface area contributed by atoms with Gasteiger partial charge in [0, 0.05) is 19.1 Å². The summed E-state index contributed by atoms with van der Waals surface area (Å²) < 4.78 is 5.46. The molecule has 0 aromatic heterocycles. The molecule has 0 spiro atoms. The second-order valence-corrected chi connectivity index (χ2v) is 4.90. The van der Waals surface area contributed by atoms with E-state index >= 15 is 0 Å². The molecule has 4 heteroatoms. The minimum Gasteiger partial charge on any atom is -0.481 e. The lowest BCUT2D eigenvalue weighted by Crippen LogP contribution is -2.51. The van der Waals surface area contributed by atoms with Crippen LogP contribution in [0.15, 0.2) is 0 Å². The number of morpholine rings is 1. The molecule has 1 N–H and O–H groups in total. The van der Waals surface area contributed by atoms with Crippen LogP contribution in [-0.2, 0) is 9.53 Å². The number of carbonyl (C=O) groups is 1. The molecule has 0 bridgehead atoms. The summed E-state index contributed by atoms with van der Waals surface area (Å²) in [6.07, 6.45) is 2.39. The molecule has 1 fully saturated rings. The van der Waals surface area contributed by atoms with Crippen molar-refractivity contribution in [2.24, 2.45) is 5.41 Å². The maximum Gasteiger partial charge on any atom is 0.310 e. The van der Waals surface area contributed by atoms with Crippen molar-refractivity contribution in [1.29, 1.82) is 0 Å². The SMILES string of the molecule is CCC1COCCN1CC(CC)(CC)C(=O)O. The summed E-state index contributed by atoms with van der Waals surface area (Å²) in [6, 6.07) is 0.376. The highest BCUT2D eigenvalue weighted by molar-refractivity contribution is 5.74. The van der Waals surface area contributed by atoms with Crippen molar-refractivity contribution in [3.63, 3.8) is 0 Å². The third kappa shape index (κ3) is 3.19. The first-order valence-electron chi connectivity index (χ1n) is 6.64. The summed E-state index contributed by atoms with van der Waals surface area (Å²) in [5.74, 6) is -0.663. The van der Waals surface area contributed by atoms with Gasteiger partial charge in [-0.2, -0.15) is 0 Å². The Bertz CT molecular complexity index is 251. The van der Waals surface area contributed by atoms with Gasteiger partial charge in [0.25, 0.3) is 0 Å². The lowest BCUT2D eigenvalue weighted by atomic mass is 9.81. The van der Waals surface area contributed by atoms with E-state index in [2.05, 4.69) is 11.8 Å². The van der Waals surface area contributed by atoms with E-state index in [0.717, 1.165) is 26.2 Å². The van der Waals surface area contributed by atoms with Crippen molar-refractivity contribution in [3.05, 3.63) is 0 Å². The number of carboxylic acid groups (broad SMARTS) is 1. The molecule has 1 rings (SSSR count). The second kappa shape index (κ2) is 6.36. The summed E-state index contributed by atoms with van der Waals surface area (Å²) in [7, 11) is 0. The fourth-order valence-corrected chi connectivity index (χ4v) is 2.51. The summed E-state index contributed by atoms with van der Waals surface area (Å²) >= 11 is 0. The zero-order valence-corrected chi connectivity index (χ0v) is 11.2. The molecule has 1 aliphatic rings. The maximum absolute atomic E-state index is 11.5. The van der Waals surface area contributed by atoms with Crippen LogP contribution in [0.2, 0.25) is 0 Å². The van der Waals surface area contributed by atoms with E-state index in [9.17, 15) is 9.90 Å². The molecular formula is C13H25NO3. The van der Waals surface area contributed by atoms with Crippen LogP contribution in [0.5, 0.6) is 0 Å². The Hall–Kier alpha value is -0.610. The molecule has 4 nitrogen and oxygen atoms in total. The van der Waals surface area contributed by atoms with Gasteiger partial charge in [-0.25, -0.2) is 0 Å². The van der Waals surface area contributed by atoms with Gasteiger partial charge in [0.15, 0.2) is 0 Å². The molecule has 1 atom stereocenters. The Morgan fingerprint density at radius 3 is 2.53 bits per heavy atom. The molecule has 0 saturated carbocycles. The monoisotopic (exact) mass is 243 g/mol. The Morgan fingerprint density at radius 2 is 2.06 bits per heavy atom. The summed E-state index contributed by atoms with van der Waals surface area (Å²) in [4.78, 5) is 13.8. The molecule has 1 unspecified atom stereocenters. The number of ether oxygens (including phenoxy) is 1. The lowest BCUT2D eigenvalue weighted by molar-refractivity contribution is -0.152. The van der Waals surface area contributed by atoms with Gasteiger partial charge in [-0.05, 0) is 19.3 Å². The maximum atomic E-state index is 11.5. The van der Waals surface area contributed by atoms with E-state index in [0.29, 0.717) is 25.4 Å². The zero-order chi connectivity index (χ0) is 12.9. The van der Waals surface area contributed by atoms with E-state index < -0.39 is 11.4 Å². The standard InChI is InChI=1S/C13H25NO3/c1-4-11-9-17-8-7-14(11)10-13(5-2,6-3)12(15)16/h11H,4-10H2,1-3H3,(H,15,16). The van der Waals surface area contributed by atoms with Gasteiger partial charge in [0.05, 0.1) is 18.6 Å². The average Bonchev–Trinajstić information content (AvgIpc) is 2.36. The largest absolute Gasteiger partial charge is 0.481 e. The number of hydrogen-bond donors (Lipinski definition) is 1. The Labute approximate surface area is 104 Å². The summed E-state index contributed by atoms with van der Waals surface area (Å²) in [5.41, 5.74) is -0.592. The molecule has 0 amide bonds. The average molecular weight is 243 g/mol. The molecule has 17 heavy (non-hydrogen) atoms. The van der Waals surface area contributed by atoms with Gasteiger partial charge in [-0.15, -0.1) is 0 Å². The third-order valence-electron chi connectivity index (χ3n) is 4.13. The number of hydrogen-bond acceptors (Lipinski definition) is 3. The van der Waals surface area contributed by atoms with Crippen LogP contribution in [0.1, 0.15) is 40.0 Å². The van der Waals surface area contributed by atoms with Crippen LogP contribution in [0.25, 0.3) is 0 Å². The number of rotatable bonds is 6. The normalized spacial score (nSPS) is 22.6. The molecule has 100 valence electrons. The van der Waals surface area contributed by atoms with E-state index in [1.807, 2.05) is 13.8 Å². The van der Waals surface area contributed by atoms with Gasteiger partial charge in [-0.1, -0.05) is 20.8 Å². The molecule has 1 heterocycles. The summed E-state index contributed by atoms with van der Waals surface area (Å²) in [6.45, 7) is 9.04. The van der Waals surface area contributed by atoms with Crippen LogP contribution in [-0.4, -0.2) is 48.3 Å². The van der Waals surface area contributed by atoms with Gasteiger partial charge < -0.3 is 9.84 Å². The van der Waals surface area contributed by atoms with E-state index in [4.69, 9.17) is 4.74 Å². The highest BCUT2D eigenvalue weighted by Crippen LogP contribution is 2.29. The molecule has 0 aromatic carbocycles. The third-order valence-corrected chi connectivity index (χ3v) is 4.13. The zero-order valence-electron chi connectivity index (χ0n) is 11.2. The minimum atomic E-state index is -0.663. The fraction of sp³-hybridized carbons (Fsp3) is 0.923. The molecule has 0 radical (unpaired) electrons. The first-order chi connectivity index (χ1) is 8.09. The predicted molar refractivity (Wildman–Crippen MR) is 67.1 cm³/mol. The van der Waals surface area contributed by atoms with E-state index in [1.54, 1.807) is 0 Å². The van der Waals surface area contributed by atoms with Crippen molar-refractivity contribution in [1.82, 2.24) is 4.90 Å². The highest BCUT2D eigenvalue weighted by Gasteiger charge is 2.38. The Kier molecular flexibility index (Phi) is 5.40. The minimum absolute atomic E-state index is 0.376.